The Morgan fingerprint density at radius 1 is 1.35 bits per heavy atom. The van der Waals surface area contributed by atoms with E-state index in [-0.39, 0.29) is 12.6 Å². The molecule has 5 nitrogen and oxygen atoms in total. The van der Waals surface area contributed by atoms with Crippen LogP contribution in [0.15, 0.2) is 18.3 Å². The first kappa shape index (κ1) is 11.8. The van der Waals surface area contributed by atoms with Crippen molar-refractivity contribution in [1.82, 2.24) is 9.88 Å². The summed E-state index contributed by atoms with van der Waals surface area (Å²) in [5.41, 5.74) is 1.73. The van der Waals surface area contributed by atoms with Gasteiger partial charge in [0.25, 0.3) is 0 Å². The van der Waals surface area contributed by atoms with Crippen molar-refractivity contribution in [1.29, 1.82) is 0 Å². The Labute approximate surface area is 116 Å². The van der Waals surface area contributed by atoms with Gasteiger partial charge in [0.1, 0.15) is 0 Å². The lowest BCUT2D eigenvalue weighted by Crippen LogP contribution is -2.24. The lowest BCUT2D eigenvalue weighted by atomic mass is 10.1. The number of ether oxygens (including phenoxy) is 2. The summed E-state index contributed by atoms with van der Waals surface area (Å²) in [5, 5.41) is 4.20. The highest BCUT2D eigenvalue weighted by molar-refractivity contribution is 6.09. The Kier molecular flexibility index (Phi) is 2.50. The summed E-state index contributed by atoms with van der Waals surface area (Å²) >= 11 is 0. The van der Waals surface area contributed by atoms with Gasteiger partial charge in [0.05, 0.1) is 12.1 Å². The van der Waals surface area contributed by atoms with E-state index >= 15 is 0 Å². The number of benzene rings is 1. The highest BCUT2D eigenvalue weighted by Crippen LogP contribution is 2.37. The second-order valence-electron chi connectivity index (χ2n) is 5.45. The number of hydrogen-bond acceptors (Lipinski definition) is 4. The zero-order valence-electron chi connectivity index (χ0n) is 11.3. The standard InChI is InChI=1S/C15H16N2O3/c1-17-7-11(13(18)6-16-9-2-3-9)10-4-14-15(5-12(10)17)20-8-19-14/h4-5,7,9,16H,2-3,6,8H2,1H3. The molecule has 2 heterocycles. The van der Waals surface area contributed by atoms with Crippen molar-refractivity contribution in [2.75, 3.05) is 13.3 Å². The molecule has 2 aliphatic rings. The normalized spacial score (nSPS) is 16.9. The van der Waals surface area contributed by atoms with E-state index in [4.69, 9.17) is 9.47 Å². The predicted molar refractivity (Wildman–Crippen MR) is 74.4 cm³/mol. The van der Waals surface area contributed by atoms with Crippen LogP contribution < -0.4 is 14.8 Å². The number of aromatic nitrogens is 1. The smallest absolute Gasteiger partial charge is 0.231 e. The van der Waals surface area contributed by atoms with Gasteiger partial charge in [0.15, 0.2) is 17.3 Å². The molecule has 1 N–H and O–H groups in total. The summed E-state index contributed by atoms with van der Waals surface area (Å²) in [6.45, 7) is 0.649. The third-order valence-electron chi connectivity index (χ3n) is 3.91. The van der Waals surface area contributed by atoms with Crippen LogP contribution in [0.1, 0.15) is 23.2 Å². The van der Waals surface area contributed by atoms with Crippen molar-refractivity contribution >= 4 is 16.7 Å². The summed E-state index contributed by atoms with van der Waals surface area (Å²) in [5.74, 6) is 1.59. The molecule has 1 aliphatic heterocycles. The highest BCUT2D eigenvalue weighted by Gasteiger charge is 2.24. The van der Waals surface area contributed by atoms with E-state index in [0.717, 1.165) is 22.2 Å². The largest absolute Gasteiger partial charge is 0.454 e. The molecular formula is C15H16N2O3. The van der Waals surface area contributed by atoms with E-state index in [1.165, 1.54) is 12.8 Å². The molecule has 2 aromatic rings. The van der Waals surface area contributed by atoms with Crippen LogP contribution in [0.5, 0.6) is 11.5 Å². The molecule has 5 heteroatoms. The lowest BCUT2D eigenvalue weighted by molar-refractivity contribution is 0.0992. The average molecular weight is 272 g/mol. The Bertz CT molecular complexity index is 701. The Morgan fingerprint density at radius 3 is 2.85 bits per heavy atom. The van der Waals surface area contributed by atoms with E-state index in [0.29, 0.717) is 18.3 Å². The lowest BCUT2D eigenvalue weighted by Gasteiger charge is -2.02. The minimum atomic E-state index is 0.126. The van der Waals surface area contributed by atoms with Crippen LogP contribution in [0.4, 0.5) is 0 Å². The summed E-state index contributed by atoms with van der Waals surface area (Å²) in [6.07, 6.45) is 4.25. The first-order valence-electron chi connectivity index (χ1n) is 6.87. The fourth-order valence-electron chi connectivity index (χ4n) is 2.61. The number of carbonyl (C=O) groups is 1. The van der Waals surface area contributed by atoms with Crippen LogP contribution >= 0.6 is 0 Å². The first-order valence-corrected chi connectivity index (χ1v) is 6.87. The van der Waals surface area contributed by atoms with Crippen molar-refractivity contribution in [2.45, 2.75) is 18.9 Å². The predicted octanol–water partition coefficient (Wildman–Crippen LogP) is 1.84. The molecule has 0 radical (unpaired) electrons. The zero-order chi connectivity index (χ0) is 13.7. The Morgan fingerprint density at radius 2 is 2.10 bits per heavy atom. The van der Waals surface area contributed by atoms with Gasteiger partial charge < -0.3 is 19.4 Å². The molecule has 104 valence electrons. The van der Waals surface area contributed by atoms with Crippen LogP contribution in [0.3, 0.4) is 0 Å². The molecule has 20 heavy (non-hydrogen) atoms. The highest BCUT2D eigenvalue weighted by atomic mass is 16.7. The number of rotatable bonds is 4. The Balaban J connectivity index is 1.73. The van der Waals surface area contributed by atoms with Crippen molar-refractivity contribution < 1.29 is 14.3 Å². The van der Waals surface area contributed by atoms with Crippen LogP contribution in [0.2, 0.25) is 0 Å². The van der Waals surface area contributed by atoms with Gasteiger partial charge in [-0.3, -0.25) is 4.79 Å². The second-order valence-corrected chi connectivity index (χ2v) is 5.45. The number of nitrogens with one attached hydrogen (secondary N) is 1. The first-order chi connectivity index (χ1) is 9.72. The third-order valence-corrected chi connectivity index (χ3v) is 3.91. The summed E-state index contributed by atoms with van der Waals surface area (Å²) in [6, 6.07) is 4.38. The van der Waals surface area contributed by atoms with Crippen LogP contribution in [0, 0.1) is 0 Å². The van der Waals surface area contributed by atoms with E-state index in [1.54, 1.807) is 0 Å². The SMILES string of the molecule is Cn1cc(C(=O)CNC2CC2)c2cc3c(cc21)OCO3. The molecule has 1 aromatic heterocycles. The quantitative estimate of drug-likeness (QED) is 0.863. The van der Waals surface area contributed by atoms with Crippen molar-refractivity contribution in [3.8, 4) is 11.5 Å². The molecule has 1 aromatic carbocycles. The maximum Gasteiger partial charge on any atom is 0.231 e. The molecule has 0 unspecified atom stereocenters. The fourth-order valence-corrected chi connectivity index (χ4v) is 2.61. The molecule has 0 spiro atoms. The molecule has 0 atom stereocenters. The molecule has 1 fully saturated rings. The van der Waals surface area contributed by atoms with Gasteiger partial charge in [-0.2, -0.15) is 0 Å². The summed E-state index contributed by atoms with van der Waals surface area (Å²) in [7, 11) is 1.94. The van der Waals surface area contributed by atoms with Gasteiger partial charge in [-0.15, -0.1) is 0 Å². The van der Waals surface area contributed by atoms with Crippen molar-refractivity contribution in [3.63, 3.8) is 0 Å². The van der Waals surface area contributed by atoms with Gasteiger partial charge in [0.2, 0.25) is 6.79 Å². The maximum atomic E-state index is 12.4. The number of ketones is 1. The molecular weight excluding hydrogens is 256 g/mol. The second kappa shape index (κ2) is 4.24. The monoisotopic (exact) mass is 272 g/mol. The van der Waals surface area contributed by atoms with Gasteiger partial charge in [-0.1, -0.05) is 0 Å². The molecule has 1 saturated carbocycles. The maximum absolute atomic E-state index is 12.4. The van der Waals surface area contributed by atoms with Crippen LogP contribution in [-0.4, -0.2) is 29.7 Å². The molecule has 4 rings (SSSR count). The van der Waals surface area contributed by atoms with Crippen LogP contribution in [-0.2, 0) is 7.05 Å². The van der Waals surface area contributed by atoms with Gasteiger partial charge in [0, 0.05) is 36.3 Å². The number of hydrogen-bond donors (Lipinski definition) is 1. The zero-order valence-corrected chi connectivity index (χ0v) is 11.3. The molecule has 0 amide bonds. The van der Waals surface area contributed by atoms with E-state index < -0.39 is 0 Å². The van der Waals surface area contributed by atoms with Crippen LogP contribution in [0.25, 0.3) is 10.9 Å². The minimum Gasteiger partial charge on any atom is -0.454 e. The number of fused-ring (bicyclic) bond motifs is 2. The van der Waals surface area contributed by atoms with Gasteiger partial charge in [-0.25, -0.2) is 0 Å². The van der Waals surface area contributed by atoms with Gasteiger partial charge in [-0.05, 0) is 18.9 Å². The van der Waals surface area contributed by atoms with E-state index in [9.17, 15) is 4.79 Å². The number of carbonyl (C=O) groups excluding carboxylic acids is 1. The minimum absolute atomic E-state index is 0.126. The van der Waals surface area contributed by atoms with Crippen molar-refractivity contribution in [3.05, 3.63) is 23.9 Å². The number of Topliss-reactive ketones (excluding diaryl/α,β-unsaturated/α-hetero) is 1. The fraction of sp³-hybridized carbons (Fsp3) is 0.400. The van der Waals surface area contributed by atoms with Crippen molar-refractivity contribution in [2.24, 2.45) is 7.05 Å². The summed E-state index contributed by atoms with van der Waals surface area (Å²) < 4.78 is 12.7. The molecule has 0 saturated heterocycles. The molecule has 1 aliphatic carbocycles. The Hall–Kier alpha value is -2.01. The summed E-state index contributed by atoms with van der Waals surface area (Å²) in [4.78, 5) is 12.4. The van der Waals surface area contributed by atoms with E-state index in [2.05, 4.69) is 5.32 Å². The number of aryl methyl sites for hydroxylation is 1. The topological polar surface area (TPSA) is 52.5 Å². The number of nitrogens with zero attached hydrogens (tertiary/aromatic N) is 1. The van der Waals surface area contributed by atoms with E-state index in [1.807, 2.05) is 29.9 Å². The molecule has 0 bridgehead atoms. The van der Waals surface area contributed by atoms with Gasteiger partial charge >= 0.3 is 0 Å². The average Bonchev–Trinajstić information content (AvgIpc) is 3.07. The third kappa shape index (κ3) is 1.86.